The minimum absolute atomic E-state index is 0.229. The lowest BCUT2D eigenvalue weighted by molar-refractivity contribution is 0.603. The summed E-state index contributed by atoms with van der Waals surface area (Å²) in [6.45, 7) is 0.483. The molecule has 0 spiro atoms. The molecule has 2 aromatic rings. The zero-order valence-electron chi connectivity index (χ0n) is 10.3. The first-order valence-corrected chi connectivity index (χ1v) is 8.74. The van der Waals surface area contributed by atoms with E-state index in [1.807, 2.05) is 0 Å². The van der Waals surface area contributed by atoms with Gasteiger partial charge in [0, 0.05) is 9.90 Å². The largest absolute Gasteiger partial charge is 0.330 e. The van der Waals surface area contributed by atoms with Gasteiger partial charge in [0.05, 0.1) is 10.7 Å². The van der Waals surface area contributed by atoms with Gasteiger partial charge in [0.1, 0.15) is 4.21 Å². The highest BCUT2D eigenvalue weighted by Crippen LogP contribution is 2.29. The van der Waals surface area contributed by atoms with Crippen LogP contribution in [0.1, 0.15) is 4.88 Å². The predicted molar refractivity (Wildman–Crippen MR) is 84.3 cm³/mol. The van der Waals surface area contributed by atoms with Crippen LogP contribution >= 0.6 is 34.5 Å². The molecule has 3 N–H and O–H groups in total. The smallest absolute Gasteiger partial charge is 0.271 e. The molecular formula is C12H12Cl2N2O2S2. The zero-order chi connectivity index (χ0) is 14.8. The molecule has 20 heavy (non-hydrogen) atoms. The maximum absolute atomic E-state index is 12.2. The highest BCUT2D eigenvalue weighted by Gasteiger charge is 2.18. The van der Waals surface area contributed by atoms with E-state index in [0.29, 0.717) is 23.7 Å². The quantitative estimate of drug-likeness (QED) is 0.868. The van der Waals surface area contributed by atoms with Crippen LogP contribution in [0.25, 0.3) is 0 Å². The van der Waals surface area contributed by atoms with Crippen LogP contribution in [0.15, 0.2) is 34.5 Å². The van der Waals surface area contributed by atoms with Crippen molar-refractivity contribution in [2.45, 2.75) is 10.6 Å². The molecule has 0 aliphatic heterocycles. The van der Waals surface area contributed by atoms with Gasteiger partial charge >= 0.3 is 0 Å². The van der Waals surface area contributed by atoms with Gasteiger partial charge in [-0.2, -0.15) is 0 Å². The molecule has 0 saturated heterocycles. The van der Waals surface area contributed by atoms with E-state index in [2.05, 4.69) is 4.72 Å². The molecule has 0 amide bonds. The first kappa shape index (κ1) is 15.6. The summed E-state index contributed by atoms with van der Waals surface area (Å²) >= 11 is 12.9. The first-order valence-electron chi connectivity index (χ1n) is 5.69. The fourth-order valence-corrected chi connectivity index (χ4v) is 4.51. The Kier molecular flexibility index (Phi) is 4.93. The van der Waals surface area contributed by atoms with Crippen molar-refractivity contribution in [2.24, 2.45) is 5.73 Å². The van der Waals surface area contributed by atoms with Gasteiger partial charge < -0.3 is 5.73 Å². The average Bonchev–Trinajstić information content (AvgIpc) is 2.83. The highest BCUT2D eigenvalue weighted by molar-refractivity contribution is 7.94. The van der Waals surface area contributed by atoms with Crippen molar-refractivity contribution in [1.29, 1.82) is 0 Å². The molecule has 108 valence electrons. The van der Waals surface area contributed by atoms with Crippen molar-refractivity contribution in [3.8, 4) is 0 Å². The van der Waals surface area contributed by atoms with Crippen LogP contribution in [-0.4, -0.2) is 15.0 Å². The van der Waals surface area contributed by atoms with Crippen molar-refractivity contribution in [3.05, 3.63) is 45.3 Å². The van der Waals surface area contributed by atoms with E-state index in [0.717, 1.165) is 4.88 Å². The Hall–Kier alpha value is -0.790. The topological polar surface area (TPSA) is 72.2 Å². The lowest BCUT2D eigenvalue weighted by atomic mass is 10.3. The van der Waals surface area contributed by atoms with Crippen molar-refractivity contribution in [1.82, 2.24) is 0 Å². The van der Waals surface area contributed by atoms with Gasteiger partial charge in [0.2, 0.25) is 0 Å². The molecule has 0 saturated carbocycles. The molecule has 1 aromatic heterocycles. The van der Waals surface area contributed by atoms with E-state index >= 15 is 0 Å². The monoisotopic (exact) mass is 350 g/mol. The lowest BCUT2D eigenvalue weighted by Gasteiger charge is -2.08. The molecule has 0 radical (unpaired) electrons. The summed E-state index contributed by atoms with van der Waals surface area (Å²) in [7, 11) is -3.65. The summed E-state index contributed by atoms with van der Waals surface area (Å²) in [5, 5.41) is 0.694. The number of benzene rings is 1. The first-order chi connectivity index (χ1) is 9.42. The number of sulfonamides is 1. The fraction of sp³-hybridized carbons (Fsp3) is 0.167. The van der Waals surface area contributed by atoms with E-state index in [1.54, 1.807) is 18.2 Å². The van der Waals surface area contributed by atoms with Crippen LogP contribution in [-0.2, 0) is 16.4 Å². The van der Waals surface area contributed by atoms with E-state index in [4.69, 9.17) is 28.9 Å². The Morgan fingerprint density at radius 3 is 2.60 bits per heavy atom. The van der Waals surface area contributed by atoms with Gasteiger partial charge in [0.15, 0.2) is 0 Å². The number of hydrogen-bond acceptors (Lipinski definition) is 4. The standard InChI is InChI=1S/C12H12Cl2N2O2S2/c13-8-1-3-11(10(14)7-8)16-20(17,18)12-4-2-9(19-12)5-6-15/h1-4,7,16H,5-6,15H2. The normalized spacial score (nSPS) is 11.6. The van der Waals surface area contributed by atoms with Gasteiger partial charge in [-0.15, -0.1) is 11.3 Å². The highest BCUT2D eigenvalue weighted by atomic mass is 35.5. The lowest BCUT2D eigenvalue weighted by Crippen LogP contribution is -2.11. The number of nitrogens with two attached hydrogens (primary N) is 1. The Morgan fingerprint density at radius 1 is 1.20 bits per heavy atom. The zero-order valence-corrected chi connectivity index (χ0v) is 13.4. The molecule has 0 fully saturated rings. The second-order valence-corrected chi connectivity index (χ2v) is 7.91. The van der Waals surface area contributed by atoms with Crippen LogP contribution in [0, 0.1) is 0 Å². The molecule has 0 atom stereocenters. The third-order valence-corrected chi connectivity index (χ3v) is 6.02. The fourth-order valence-electron chi connectivity index (χ4n) is 1.55. The van der Waals surface area contributed by atoms with Crippen LogP contribution in [0.5, 0.6) is 0 Å². The number of thiophene rings is 1. The van der Waals surface area contributed by atoms with Gasteiger partial charge in [0.25, 0.3) is 10.0 Å². The Labute approximate surface area is 131 Å². The molecule has 0 aliphatic rings. The van der Waals surface area contributed by atoms with Gasteiger partial charge in [-0.25, -0.2) is 8.42 Å². The van der Waals surface area contributed by atoms with Crippen molar-refractivity contribution >= 4 is 50.2 Å². The van der Waals surface area contributed by atoms with Crippen LogP contribution in [0.3, 0.4) is 0 Å². The summed E-state index contributed by atoms with van der Waals surface area (Å²) < 4.78 is 27.1. The molecule has 8 heteroatoms. The van der Waals surface area contributed by atoms with E-state index in [-0.39, 0.29) is 9.23 Å². The summed E-state index contributed by atoms with van der Waals surface area (Å²) in [6, 6.07) is 7.89. The molecule has 0 unspecified atom stereocenters. The van der Waals surface area contributed by atoms with Crippen molar-refractivity contribution < 1.29 is 8.42 Å². The Bertz CT molecular complexity index is 714. The summed E-state index contributed by atoms with van der Waals surface area (Å²) in [6.07, 6.45) is 0.655. The van der Waals surface area contributed by atoms with Crippen molar-refractivity contribution in [3.63, 3.8) is 0 Å². The van der Waals surface area contributed by atoms with Gasteiger partial charge in [-0.05, 0) is 43.3 Å². The van der Waals surface area contributed by atoms with Crippen LogP contribution in [0.2, 0.25) is 10.0 Å². The third kappa shape index (κ3) is 3.65. The number of nitrogens with one attached hydrogen (secondary N) is 1. The summed E-state index contributed by atoms with van der Waals surface area (Å²) in [5.74, 6) is 0. The minimum Gasteiger partial charge on any atom is -0.330 e. The SMILES string of the molecule is NCCc1ccc(S(=O)(=O)Nc2ccc(Cl)cc2Cl)s1. The molecular weight excluding hydrogens is 339 g/mol. The third-order valence-electron chi connectivity index (χ3n) is 2.47. The number of halogens is 2. The van der Waals surface area contributed by atoms with Crippen molar-refractivity contribution in [2.75, 3.05) is 11.3 Å². The molecule has 1 aromatic carbocycles. The number of anilines is 1. The average molecular weight is 351 g/mol. The maximum atomic E-state index is 12.2. The van der Waals surface area contributed by atoms with E-state index < -0.39 is 10.0 Å². The number of hydrogen-bond donors (Lipinski definition) is 2. The molecule has 4 nitrogen and oxygen atoms in total. The number of rotatable bonds is 5. The van der Waals surface area contributed by atoms with Crippen LogP contribution in [0.4, 0.5) is 5.69 Å². The van der Waals surface area contributed by atoms with E-state index in [1.165, 1.54) is 23.5 Å². The Morgan fingerprint density at radius 2 is 1.95 bits per heavy atom. The van der Waals surface area contributed by atoms with Gasteiger partial charge in [-0.1, -0.05) is 23.2 Å². The predicted octanol–water partition coefficient (Wildman–Crippen LogP) is 3.36. The summed E-state index contributed by atoms with van der Waals surface area (Å²) in [4.78, 5) is 0.926. The molecule has 2 rings (SSSR count). The van der Waals surface area contributed by atoms with E-state index in [9.17, 15) is 8.42 Å². The second-order valence-electron chi connectivity index (χ2n) is 3.99. The van der Waals surface area contributed by atoms with Gasteiger partial charge in [-0.3, -0.25) is 4.72 Å². The summed E-state index contributed by atoms with van der Waals surface area (Å²) in [5.41, 5.74) is 5.74. The maximum Gasteiger partial charge on any atom is 0.271 e. The minimum atomic E-state index is -3.65. The molecule has 0 bridgehead atoms. The molecule has 0 aliphatic carbocycles. The Balaban J connectivity index is 2.26. The second kappa shape index (κ2) is 6.32. The molecule has 1 heterocycles. The van der Waals surface area contributed by atoms with Crippen LogP contribution < -0.4 is 10.5 Å².